The predicted octanol–water partition coefficient (Wildman–Crippen LogP) is 8.82. The van der Waals surface area contributed by atoms with Gasteiger partial charge in [-0.25, -0.2) is 4.98 Å². The topological polar surface area (TPSA) is 45.9 Å². The summed E-state index contributed by atoms with van der Waals surface area (Å²) >= 11 is 13.6. The van der Waals surface area contributed by atoms with Crippen LogP contribution in [0.25, 0.3) is 16.3 Å². The minimum Gasteiger partial charge on any atom is -0.487 e. The lowest BCUT2D eigenvalue weighted by atomic mass is 10.2. The molecule has 3 aromatic carbocycles. The maximum atomic E-state index is 9.63. The molecular weight excluding hydrogens is 624 g/mol. The van der Waals surface area contributed by atoms with Crippen LogP contribution in [0, 0.1) is 11.3 Å². The number of hydrogen-bond acceptors (Lipinski definition) is 5. The van der Waals surface area contributed by atoms with Crippen LogP contribution in [0.3, 0.4) is 0 Å². The Morgan fingerprint density at radius 3 is 2.45 bits per heavy atom. The summed E-state index contributed by atoms with van der Waals surface area (Å²) in [6.07, 6.45) is 1.85. The van der Waals surface area contributed by atoms with E-state index in [2.05, 4.69) is 58.8 Å². The molecule has 0 saturated carbocycles. The Hall–Kier alpha value is -1.63. The molecule has 3 nitrogen and oxygen atoms in total. The smallest absolute Gasteiger partial charge is 0.156 e. The fraction of sp³-hybridized carbons (Fsp3) is 0.0435. The van der Waals surface area contributed by atoms with Crippen molar-refractivity contribution in [2.24, 2.45) is 0 Å². The molecule has 0 N–H and O–H groups in total. The first kappa shape index (κ1) is 22.6. The monoisotopic (exact) mass is 634 g/mol. The van der Waals surface area contributed by atoms with Gasteiger partial charge in [0.2, 0.25) is 0 Å². The lowest BCUT2D eigenvalue weighted by Crippen LogP contribution is -1.97. The molecule has 0 radical (unpaired) electrons. The normalized spacial score (nSPS) is 11.5. The highest BCUT2D eigenvalue weighted by Gasteiger charge is 2.11. The molecule has 31 heavy (non-hydrogen) atoms. The van der Waals surface area contributed by atoms with Gasteiger partial charge in [0.15, 0.2) is 4.34 Å². The van der Waals surface area contributed by atoms with Crippen molar-refractivity contribution < 1.29 is 4.74 Å². The third-order valence-electron chi connectivity index (χ3n) is 4.20. The summed E-state index contributed by atoms with van der Waals surface area (Å²) in [6, 6.07) is 22.1. The molecule has 0 atom stereocenters. The summed E-state index contributed by atoms with van der Waals surface area (Å²) in [5, 5.41) is 9.63. The van der Waals surface area contributed by atoms with Crippen LogP contribution >= 0.6 is 70.9 Å². The van der Waals surface area contributed by atoms with Gasteiger partial charge < -0.3 is 4.74 Å². The molecule has 1 heterocycles. The summed E-state index contributed by atoms with van der Waals surface area (Å²) in [7, 11) is 0. The van der Waals surface area contributed by atoms with Gasteiger partial charge in [-0.3, -0.25) is 0 Å². The van der Waals surface area contributed by atoms with Crippen LogP contribution in [0.4, 0.5) is 0 Å². The number of thioether (sulfide) groups is 1. The van der Waals surface area contributed by atoms with Crippen LogP contribution in [-0.4, -0.2) is 4.98 Å². The molecule has 0 aliphatic heterocycles. The van der Waals surface area contributed by atoms with E-state index < -0.39 is 0 Å². The van der Waals surface area contributed by atoms with Crippen LogP contribution in [0.5, 0.6) is 5.75 Å². The van der Waals surface area contributed by atoms with Crippen molar-refractivity contribution in [1.82, 2.24) is 4.98 Å². The molecule has 0 fully saturated rings. The fourth-order valence-electron chi connectivity index (χ4n) is 2.76. The van der Waals surface area contributed by atoms with Crippen molar-refractivity contribution >= 4 is 87.2 Å². The number of aromatic nitrogens is 1. The van der Waals surface area contributed by atoms with Gasteiger partial charge in [0.25, 0.3) is 0 Å². The average Bonchev–Trinajstić information content (AvgIpc) is 3.16. The maximum absolute atomic E-state index is 9.63. The zero-order valence-corrected chi connectivity index (χ0v) is 22.2. The number of nitrogens with zero attached hydrogens (tertiary/aromatic N) is 2. The Morgan fingerprint density at radius 2 is 1.77 bits per heavy atom. The number of halogens is 3. The minimum atomic E-state index is 0.455. The Morgan fingerprint density at radius 1 is 1.06 bits per heavy atom. The number of rotatable bonds is 6. The van der Waals surface area contributed by atoms with E-state index in [9.17, 15) is 5.26 Å². The van der Waals surface area contributed by atoms with E-state index in [1.165, 1.54) is 11.8 Å². The molecule has 0 amide bonds. The standard InChI is InChI=1S/C23H13Br3N2OS2/c24-16-7-5-14(6-8-16)13-29-22-18(25)10-15(11-19(22)26)9-17(12-27)30-23-28-20-3-1-2-4-21(20)31-23/h1-11H,13H2/b17-9+. The SMILES string of the molecule is N#C/C(=C\c1cc(Br)c(OCc2ccc(Br)cc2)c(Br)c1)Sc1nc2ccccc2s1. The molecule has 0 aliphatic carbocycles. The number of fused-ring (bicyclic) bond motifs is 1. The molecule has 0 bridgehead atoms. The van der Waals surface area contributed by atoms with Crippen LogP contribution in [0.15, 0.2) is 83.3 Å². The lowest BCUT2D eigenvalue weighted by molar-refractivity contribution is 0.302. The Kier molecular flexibility index (Phi) is 7.51. The Balaban J connectivity index is 1.52. The average molecular weight is 637 g/mol. The summed E-state index contributed by atoms with van der Waals surface area (Å²) in [4.78, 5) is 5.17. The van der Waals surface area contributed by atoms with Crippen molar-refractivity contribution in [3.8, 4) is 11.8 Å². The second-order valence-electron chi connectivity index (χ2n) is 6.40. The van der Waals surface area contributed by atoms with Gasteiger partial charge in [-0.05, 0) is 97.2 Å². The van der Waals surface area contributed by atoms with Gasteiger partial charge >= 0.3 is 0 Å². The quantitative estimate of drug-likeness (QED) is 0.157. The third kappa shape index (κ3) is 5.79. The summed E-state index contributed by atoms with van der Waals surface area (Å²) in [6.45, 7) is 0.455. The maximum Gasteiger partial charge on any atom is 0.156 e. The van der Waals surface area contributed by atoms with Crippen LogP contribution < -0.4 is 4.74 Å². The van der Waals surface area contributed by atoms with Crippen LogP contribution in [0.1, 0.15) is 11.1 Å². The van der Waals surface area contributed by atoms with Gasteiger partial charge in [-0.1, -0.05) is 40.2 Å². The first-order chi connectivity index (χ1) is 15.0. The Labute approximate surface area is 213 Å². The zero-order chi connectivity index (χ0) is 21.8. The molecule has 0 unspecified atom stereocenters. The highest BCUT2D eigenvalue weighted by atomic mass is 79.9. The molecule has 8 heteroatoms. The summed E-state index contributed by atoms with van der Waals surface area (Å²) in [5.41, 5.74) is 2.91. The molecule has 154 valence electrons. The van der Waals surface area contributed by atoms with Gasteiger partial charge in [0, 0.05) is 4.47 Å². The van der Waals surface area contributed by atoms with Crippen LogP contribution in [0.2, 0.25) is 0 Å². The van der Waals surface area contributed by atoms with Gasteiger partial charge in [-0.2, -0.15) is 5.26 Å². The van der Waals surface area contributed by atoms with Crippen molar-refractivity contribution in [2.75, 3.05) is 0 Å². The van der Waals surface area contributed by atoms with Crippen molar-refractivity contribution in [2.45, 2.75) is 10.9 Å². The molecule has 4 rings (SSSR count). The predicted molar refractivity (Wildman–Crippen MR) is 139 cm³/mol. The number of hydrogen-bond donors (Lipinski definition) is 0. The van der Waals surface area contributed by atoms with Crippen molar-refractivity contribution in [3.05, 3.63) is 90.1 Å². The Bertz CT molecular complexity index is 1250. The van der Waals surface area contributed by atoms with E-state index in [1.807, 2.05) is 66.7 Å². The number of benzene rings is 3. The second kappa shape index (κ2) is 10.3. The number of nitriles is 1. The number of para-hydroxylation sites is 1. The molecule has 4 aromatic rings. The van der Waals surface area contributed by atoms with Gasteiger partial charge in [-0.15, -0.1) is 11.3 Å². The van der Waals surface area contributed by atoms with Crippen molar-refractivity contribution in [3.63, 3.8) is 0 Å². The lowest BCUT2D eigenvalue weighted by Gasteiger charge is -2.12. The van der Waals surface area contributed by atoms with E-state index in [-0.39, 0.29) is 0 Å². The zero-order valence-electron chi connectivity index (χ0n) is 15.8. The van der Waals surface area contributed by atoms with E-state index in [0.717, 1.165) is 44.9 Å². The molecule has 1 aromatic heterocycles. The van der Waals surface area contributed by atoms with E-state index in [4.69, 9.17) is 4.74 Å². The number of allylic oxidation sites excluding steroid dienone is 1. The first-order valence-electron chi connectivity index (χ1n) is 9.03. The molecule has 0 spiro atoms. The summed E-state index contributed by atoms with van der Waals surface area (Å²) in [5.74, 6) is 0.720. The molecule has 0 saturated heterocycles. The van der Waals surface area contributed by atoms with Crippen LogP contribution in [-0.2, 0) is 6.61 Å². The minimum absolute atomic E-state index is 0.455. The summed E-state index contributed by atoms with van der Waals surface area (Å²) < 4.78 is 10.6. The van der Waals surface area contributed by atoms with Crippen molar-refractivity contribution in [1.29, 1.82) is 5.26 Å². The molecular formula is C23H13Br3N2OS2. The number of thiazole rings is 1. The fourth-order valence-corrected chi connectivity index (χ4v) is 6.45. The third-order valence-corrected chi connectivity index (χ3v) is 7.93. The second-order valence-corrected chi connectivity index (χ2v) is 11.3. The molecule has 0 aliphatic rings. The number of ether oxygens (including phenoxy) is 1. The largest absolute Gasteiger partial charge is 0.487 e. The highest BCUT2D eigenvalue weighted by molar-refractivity contribution is 9.11. The van der Waals surface area contributed by atoms with E-state index >= 15 is 0 Å². The highest BCUT2D eigenvalue weighted by Crippen LogP contribution is 2.38. The van der Waals surface area contributed by atoms with E-state index in [0.29, 0.717) is 11.5 Å². The van der Waals surface area contributed by atoms with Gasteiger partial charge in [0.1, 0.15) is 18.4 Å². The van der Waals surface area contributed by atoms with Gasteiger partial charge in [0.05, 0.1) is 24.1 Å². The van der Waals surface area contributed by atoms with E-state index in [1.54, 1.807) is 11.3 Å². The first-order valence-corrected chi connectivity index (χ1v) is 13.0.